The van der Waals surface area contributed by atoms with Crippen LogP contribution in [-0.2, 0) is 25.3 Å². The molecule has 3 atom stereocenters. The number of aromatic nitrogens is 4. The molecule has 2 fully saturated rings. The number of carbonyl (C=O) groups excluding carboxylic acids is 1. The van der Waals surface area contributed by atoms with Crippen LogP contribution in [0.4, 0.5) is 5.69 Å². The number of imidazole rings is 1. The van der Waals surface area contributed by atoms with Gasteiger partial charge in [0.15, 0.2) is 0 Å². The summed E-state index contributed by atoms with van der Waals surface area (Å²) in [5, 5.41) is 3.03. The smallest absolute Gasteiger partial charge is 0.325 e. The molecule has 32 heavy (non-hydrogen) atoms. The maximum absolute atomic E-state index is 12.8. The van der Waals surface area contributed by atoms with Crippen molar-refractivity contribution in [2.45, 2.75) is 25.7 Å². The molecule has 168 valence electrons. The summed E-state index contributed by atoms with van der Waals surface area (Å²) in [4.78, 5) is 35.6. The van der Waals surface area contributed by atoms with Gasteiger partial charge in [0, 0.05) is 45.3 Å². The fourth-order valence-corrected chi connectivity index (χ4v) is 5.79. The average Bonchev–Trinajstić information content (AvgIpc) is 3.29. The van der Waals surface area contributed by atoms with E-state index in [4.69, 9.17) is 0 Å². The summed E-state index contributed by atoms with van der Waals surface area (Å²) in [7, 11) is 3.51. The molecular weight excluding hydrogens is 404 g/mol. The highest BCUT2D eigenvalue weighted by atomic mass is 16.2. The molecular formula is C24H30N6O2. The Morgan fingerprint density at radius 2 is 1.88 bits per heavy atom. The van der Waals surface area contributed by atoms with Crippen LogP contribution >= 0.6 is 0 Å². The molecule has 1 aliphatic carbocycles. The first-order valence-electron chi connectivity index (χ1n) is 11.4. The van der Waals surface area contributed by atoms with Gasteiger partial charge in [-0.1, -0.05) is 6.42 Å². The van der Waals surface area contributed by atoms with Crippen LogP contribution in [0.5, 0.6) is 0 Å². The van der Waals surface area contributed by atoms with Crippen molar-refractivity contribution in [3.8, 4) is 0 Å². The van der Waals surface area contributed by atoms with Crippen LogP contribution in [0, 0.1) is 17.8 Å². The number of anilines is 1. The number of rotatable bonds is 5. The second kappa shape index (κ2) is 8.50. The lowest BCUT2D eigenvalue weighted by Gasteiger charge is -2.33. The van der Waals surface area contributed by atoms with Gasteiger partial charge in [0.25, 0.3) is 0 Å². The van der Waals surface area contributed by atoms with Crippen LogP contribution in [0.1, 0.15) is 24.8 Å². The summed E-state index contributed by atoms with van der Waals surface area (Å²) in [6.45, 7) is 2.37. The van der Waals surface area contributed by atoms with Gasteiger partial charge >= 0.3 is 5.69 Å². The Balaban J connectivity index is 1.22. The fraction of sp³-hybridized carbons (Fsp3) is 0.500. The zero-order chi connectivity index (χ0) is 22.2. The molecule has 3 aromatic rings. The molecule has 0 spiro atoms. The number of hydrogen-bond acceptors (Lipinski definition) is 5. The third kappa shape index (κ3) is 3.95. The summed E-state index contributed by atoms with van der Waals surface area (Å²) in [5.41, 5.74) is 3.53. The van der Waals surface area contributed by atoms with Crippen molar-refractivity contribution in [1.82, 2.24) is 24.0 Å². The zero-order valence-electron chi connectivity index (χ0n) is 18.7. The van der Waals surface area contributed by atoms with Gasteiger partial charge in [0.2, 0.25) is 5.91 Å². The van der Waals surface area contributed by atoms with E-state index in [9.17, 15) is 9.59 Å². The monoisotopic (exact) mass is 434 g/mol. The maximum Gasteiger partial charge on any atom is 0.328 e. The Morgan fingerprint density at radius 1 is 1.09 bits per heavy atom. The van der Waals surface area contributed by atoms with Gasteiger partial charge in [-0.15, -0.1) is 0 Å². The van der Waals surface area contributed by atoms with E-state index >= 15 is 0 Å². The molecule has 8 heteroatoms. The molecule has 5 rings (SSSR count). The van der Waals surface area contributed by atoms with E-state index in [1.165, 1.54) is 24.8 Å². The van der Waals surface area contributed by atoms with Gasteiger partial charge in [-0.2, -0.15) is 0 Å². The third-order valence-electron chi connectivity index (χ3n) is 7.36. The molecule has 8 nitrogen and oxygen atoms in total. The van der Waals surface area contributed by atoms with Crippen LogP contribution in [0.25, 0.3) is 11.0 Å². The lowest BCUT2D eigenvalue weighted by atomic mass is 9.72. The van der Waals surface area contributed by atoms with Gasteiger partial charge in [-0.3, -0.25) is 18.8 Å². The van der Waals surface area contributed by atoms with Crippen molar-refractivity contribution in [3.63, 3.8) is 0 Å². The highest BCUT2D eigenvalue weighted by Gasteiger charge is 2.40. The molecule has 1 N–H and O–H groups in total. The fourth-order valence-electron chi connectivity index (χ4n) is 5.79. The highest BCUT2D eigenvalue weighted by Crippen LogP contribution is 2.41. The van der Waals surface area contributed by atoms with Gasteiger partial charge in [-0.25, -0.2) is 14.8 Å². The Kier molecular flexibility index (Phi) is 5.55. The number of aryl methyl sites for hydroxylation is 2. The topological polar surface area (TPSA) is 85.0 Å². The molecule has 3 heterocycles. The molecule has 1 saturated heterocycles. The van der Waals surface area contributed by atoms with Crippen molar-refractivity contribution in [2.75, 3.05) is 25.0 Å². The van der Waals surface area contributed by atoms with Crippen molar-refractivity contribution in [1.29, 1.82) is 0 Å². The maximum atomic E-state index is 12.8. The van der Waals surface area contributed by atoms with Crippen molar-refractivity contribution in [3.05, 3.63) is 53.0 Å². The largest absolute Gasteiger partial charge is 0.328 e. The Hall–Kier alpha value is -3.00. The Labute approximate surface area is 187 Å². The predicted octanol–water partition coefficient (Wildman–Crippen LogP) is 2.20. The van der Waals surface area contributed by atoms with E-state index < -0.39 is 0 Å². The lowest BCUT2D eigenvalue weighted by Crippen LogP contribution is -2.32. The number of benzene rings is 1. The number of nitrogens with zero attached hydrogens (tertiary/aromatic N) is 5. The minimum Gasteiger partial charge on any atom is -0.325 e. The summed E-state index contributed by atoms with van der Waals surface area (Å²) in [6.07, 6.45) is 10.2. The number of likely N-dealkylation sites (tertiary alicyclic amines) is 1. The minimum atomic E-state index is -0.0697. The van der Waals surface area contributed by atoms with E-state index in [-0.39, 0.29) is 11.6 Å². The average molecular weight is 435 g/mol. The molecule has 1 aromatic carbocycles. The number of carbonyl (C=O) groups is 1. The van der Waals surface area contributed by atoms with Crippen LogP contribution in [0.2, 0.25) is 0 Å². The van der Waals surface area contributed by atoms with Crippen LogP contribution in [0.15, 0.2) is 41.7 Å². The second-order valence-corrected chi connectivity index (χ2v) is 9.41. The minimum absolute atomic E-state index is 0.00284. The Morgan fingerprint density at radius 3 is 2.69 bits per heavy atom. The van der Waals surface area contributed by atoms with Crippen molar-refractivity contribution >= 4 is 22.6 Å². The summed E-state index contributed by atoms with van der Waals surface area (Å²) in [6, 6.07) is 5.62. The van der Waals surface area contributed by atoms with E-state index in [1.807, 2.05) is 30.6 Å². The highest BCUT2D eigenvalue weighted by molar-refractivity contribution is 5.94. The number of nitrogens with one attached hydrogen (secondary N) is 1. The second-order valence-electron chi connectivity index (χ2n) is 9.41. The molecule has 2 aromatic heterocycles. The van der Waals surface area contributed by atoms with Crippen LogP contribution < -0.4 is 11.0 Å². The van der Waals surface area contributed by atoms with Gasteiger partial charge < -0.3 is 5.32 Å². The van der Waals surface area contributed by atoms with Gasteiger partial charge in [-0.05, 0) is 60.8 Å². The summed E-state index contributed by atoms with van der Waals surface area (Å²) < 4.78 is 3.22. The number of fused-ring (bicyclic) bond motifs is 2. The number of hydrogen-bond donors (Lipinski definition) is 1. The first-order chi connectivity index (χ1) is 15.5. The van der Waals surface area contributed by atoms with E-state index in [0.717, 1.165) is 36.2 Å². The molecule has 1 saturated carbocycles. The molecule has 0 unspecified atom stereocenters. The molecule has 2 aliphatic rings. The van der Waals surface area contributed by atoms with E-state index in [0.29, 0.717) is 24.3 Å². The first kappa shape index (κ1) is 20.9. The van der Waals surface area contributed by atoms with Crippen LogP contribution in [-0.4, -0.2) is 49.5 Å². The normalized spacial score (nSPS) is 23.4. The molecule has 0 bridgehead atoms. The first-order valence-corrected chi connectivity index (χ1v) is 11.4. The molecule has 1 aliphatic heterocycles. The van der Waals surface area contributed by atoms with E-state index in [2.05, 4.69) is 20.2 Å². The third-order valence-corrected chi connectivity index (χ3v) is 7.36. The van der Waals surface area contributed by atoms with Gasteiger partial charge in [0.05, 0.1) is 17.6 Å². The van der Waals surface area contributed by atoms with Crippen molar-refractivity contribution in [2.24, 2.45) is 31.8 Å². The number of amides is 1. The van der Waals surface area contributed by atoms with Gasteiger partial charge in [0.1, 0.15) is 6.33 Å². The summed E-state index contributed by atoms with van der Waals surface area (Å²) in [5.74, 6) is 1.93. The summed E-state index contributed by atoms with van der Waals surface area (Å²) >= 11 is 0. The molecule has 1 amide bonds. The van der Waals surface area contributed by atoms with E-state index in [1.54, 1.807) is 29.6 Å². The zero-order valence-corrected chi connectivity index (χ0v) is 18.7. The Bertz CT molecular complexity index is 1180. The molecule has 0 radical (unpaired) electrons. The van der Waals surface area contributed by atoms with Crippen LogP contribution in [0.3, 0.4) is 0 Å². The standard InChI is InChI=1S/C24H30N6O2/c1-28-21-7-6-19(9-22(21)29(2)24(28)32)27-23(31)14-30-12-18-5-3-4-17(20(18)13-30)8-16-10-25-15-26-11-16/h6-7,9-11,15,17-18,20H,3-5,8,12-14H2,1-2H3,(H,27,31)/t17-,18-,20-/m1/s1. The SMILES string of the molecule is Cn1c(=O)n(C)c2cc(NC(=O)CN3C[C@H]4CCC[C@H](Cc5cncnc5)[C@H]4C3)ccc21. The lowest BCUT2D eigenvalue weighted by molar-refractivity contribution is -0.117. The quantitative estimate of drug-likeness (QED) is 0.666. The van der Waals surface area contributed by atoms with Crippen molar-refractivity contribution < 1.29 is 4.79 Å². The predicted molar refractivity (Wildman–Crippen MR) is 123 cm³/mol.